The van der Waals surface area contributed by atoms with Crippen LogP contribution in [0.15, 0.2) is 10.6 Å². The molecule has 54 valence electrons. The summed E-state index contributed by atoms with van der Waals surface area (Å²) < 4.78 is 6.58. The van der Waals surface area contributed by atoms with Gasteiger partial charge in [-0.25, -0.2) is 0 Å². The van der Waals surface area contributed by atoms with Crippen molar-refractivity contribution >= 4 is 18.8 Å². The van der Waals surface area contributed by atoms with Crippen molar-refractivity contribution in [1.82, 2.24) is 0 Å². The van der Waals surface area contributed by atoms with Gasteiger partial charge >= 0.3 is 63.3 Å². The SMILES string of the molecule is C=[CH][Sb+]([CH2]C)([CH2]C)[CH2]C. The van der Waals surface area contributed by atoms with Gasteiger partial charge in [-0.15, -0.1) is 0 Å². The van der Waals surface area contributed by atoms with Crippen LogP contribution in [0.4, 0.5) is 0 Å². The summed E-state index contributed by atoms with van der Waals surface area (Å²) in [4.78, 5) is 0. The average molecular weight is 236 g/mol. The zero-order valence-electron chi connectivity index (χ0n) is 6.85. The molecule has 0 rings (SSSR count). The Bertz CT molecular complexity index is 74.3. The molecular weight excluding hydrogens is 218 g/mol. The molecule has 0 unspecified atom stereocenters. The third kappa shape index (κ3) is 2.33. The van der Waals surface area contributed by atoms with Gasteiger partial charge < -0.3 is 0 Å². The van der Waals surface area contributed by atoms with Crippen molar-refractivity contribution in [3.63, 3.8) is 0 Å². The number of hydrogen-bond donors (Lipinski definition) is 0. The van der Waals surface area contributed by atoms with Crippen LogP contribution >= 0.6 is 0 Å². The minimum atomic E-state index is -1.52. The second-order valence-electron chi connectivity index (χ2n) is 2.35. The quantitative estimate of drug-likeness (QED) is 0.657. The first-order valence-corrected chi connectivity index (χ1v) is 10.6. The normalized spacial score (nSPS) is 11.4. The van der Waals surface area contributed by atoms with E-state index in [1.54, 1.807) is 0 Å². The topological polar surface area (TPSA) is 0 Å². The van der Waals surface area contributed by atoms with Crippen LogP contribution in [-0.4, -0.2) is 18.8 Å². The molecule has 0 heterocycles. The average Bonchev–Trinajstić information content (AvgIpc) is 1.95. The van der Waals surface area contributed by atoms with Gasteiger partial charge in [0.15, 0.2) is 0 Å². The number of hydrogen-bond acceptors (Lipinski definition) is 0. The molecule has 0 aliphatic heterocycles. The summed E-state index contributed by atoms with van der Waals surface area (Å²) in [6.45, 7) is 10.9. The predicted molar refractivity (Wildman–Crippen MR) is 47.4 cm³/mol. The van der Waals surface area contributed by atoms with Crippen molar-refractivity contribution in [2.75, 3.05) is 0 Å². The van der Waals surface area contributed by atoms with Crippen LogP contribution in [0.5, 0.6) is 0 Å². The fourth-order valence-corrected chi connectivity index (χ4v) is 7.10. The standard InChI is InChI=1S/3C2H5.C2H3.Sb/c4*1-2;/h3*1H2,2H3;1H,2H2;/q;;;;+1. The van der Waals surface area contributed by atoms with E-state index in [9.17, 15) is 0 Å². The molecule has 0 aromatic carbocycles. The first-order valence-electron chi connectivity index (χ1n) is 3.74. The molecule has 0 aliphatic rings. The van der Waals surface area contributed by atoms with Crippen molar-refractivity contribution in [3.05, 3.63) is 10.6 Å². The fourth-order valence-electron chi connectivity index (χ4n) is 1.06. The summed E-state index contributed by atoms with van der Waals surface area (Å²) in [5.41, 5.74) is 0. The van der Waals surface area contributed by atoms with Crippen LogP contribution in [0.3, 0.4) is 0 Å². The molecule has 0 bridgehead atoms. The second kappa shape index (κ2) is 4.39. The van der Waals surface area contributed by atoms with E-state index in [0.29, 0.717) is 0 Å². The maximum absolute atomic E-state index is 3.93. The molecular formula is C8H18Sb+. The summed E-state index contributed by atoms with van der Waals surface area (Å²) in [5.74, 6) is 0. The molecule has 0 nitrogen and oxygen atoms in total. The minimum absolute atomic E-state index is 1.43. The van der Waals surface area contributed by atoms with Gasteiger partial charge in [-0.05, 0) is 0 Å². The second-order valence-corrected chi connectivity index (χ2v) is 15.8. The molecule has 0 saturated heterocycles. The maximum atomic E-state index is 3.93. The van der Waals surface area contributed by atoms with Crippen molar-refractivity contribution in [2.24, 2.45) is 0 Å². The van der Waals surface area contributed by atoms with Crippen molar-refractivity contribution in [2.45, 2.75) is 33.9 Å². The van der Waals surface area contributed by atoms with Crippen LogP contribution < -0.4 is 0 Å². The molecule has 0 amide bonds. The van der Waals surface area contributed by atoms with Crippen LogP contribution in [0.2, 0.25) is 13.1 Å². The van der Waals surface area contributed by atoms with E-state index in [-0.39, 0.29) is 0 Å². The van der Waals surface area contributed by atoms with Crippen LogP contribution in [0.1, 0.15) is 20.8 Å². The monoisotopic (exact) mass is 235 g/mol. The molecule has 1 heteroatoms. The van der Waals surface area contributed by atoms with Gasteiger partial charge in [-0.1, -0.05) is 0 Å². The molecule has 0 fully saturated rings. The molecule has 0 aromatic heterocycles. The molecule has 9 heavy (non-hydrogen) atoms. The summed E-state index contributed by atoms with van der Waals surface area (Å²) in [7, 11) is 0. The van der Waals surface area contributed by atoms with Crippen molar-refractivity contribution in [1.29, 1.82) is 0 Å². The van der Waals surface area contributed by atoms with Gasteiger partial charge in [-0.3, -0.25) is 0 Å². The van der Waals surface area contributed by atoms with Gasteiger partial charge in [0.1, 0.15) is 0 Å². The Kier molecular flexibility index (Phi) is 4.66. The van der Waals surface area contributed by atoms with Gasteiger partial charge in [0.25, 0.3) is 0 Å². The van der Waals surface area contributed by atoms with Gasteiger partial charge in [0, 0.05) is 0 Å². The molecule has 0 atom stereocenters. The van der Waals surface area contributed by atoms with Crippen LogP contribution in [0, 0.1) is 0 Å². The molecule has 0 aliphatic carbocycles. The zero-order valence-corrected chi connectivity index (χ0v) is 9.41. The predicted octanol–water partition coefficient (Wildman–Crippen LogP) is 3.22. The van der Waals surface area contributed by atoms with E-state index in [1.807, 2.05) is 0 Å². The number of rotatable bonds is 4. The summed E-state index contributed by atoms with van der Waals surface area (Å²) in [6.07, 6.45) is 0. The van der Waals surface area contributed by atoms with Gasteiger partial charge in [0.2, 0.25) is 0 Å². The molecule has 0 aromatic rings. The Morgan fingerprint density at radius 3 is 1.44 bits per heavy atom. The molecule has 0 N–H and O–H groups in total. The van der Waals surface area contributed by atoms with Crippen LogP contribution in [-0.2, 0) is 0 Å². The van der Waals surface area contributed by atoms with Gasteiger partial charge in [-0.2, -0.15) is 0 Å². The molecule has 0 radical (unpaired) electrons. The Balaban J connectivity index is 3.98. The van der Waals surface area contributed by atoms with E-state index in [1.165, 1.54) is 13.1 Å². The molecule has 0 saturated carbocycles. The van der Waals surface area contributed by atoms with Crippen molar-refractivity contribution < 1.29 is 0 Å². The van der Waals surface area contributed by atoms with E-state index >= 15 is 0 Å². The first kappa shape index (κ1) is 9.56. The summed E-state index contributed by atoms with van der Waals surface area (Å²) in [5, 5.41) is 0. The van der Waals surface area contributed by atoms with E-state index < -0.39 is 18.8 Å². The van der Waals surface area contributed by atoms with Gasteiger partial charge in [0.05, 0.1) is 0 Å². The van der Waals surface area contributed by atoms with Crippen LogP contribution in [0.25, 0.3) is 0 Å². The Labute approximate surface area is 63.3 Å². The Morgan fingerprint density at radius 2 is 1.44 bits per heavy atom. The third-order valence-corrected chi connectivity index (χ3v) is 15.3. The third-order valence-electron chi connectivity index (χ3n) is 2.28. The van der Waals surface area contributed by atoms with E-state index in [0.717, 1.165) is 0 Å². The first-order chi connectivity index (χ1) is 4.24. The summed E-state index contributed by atoms with van der Waals surface area (Å²) in [6, 6.07) is 0. The Hall–Kier alpha value is 0.558. The Morgan fingerprint density at radius 1 is 1.11 bits per heavy atom. The van der Waals surface area contributed by atoms with Crippen molar-refractivity contribution in [3.8, 4) is 0 Å². The van der Waals surface area contributed by atoms with E-state index in [4.69, 9.17) is 0 Å². The summed E-state index contributed by atoms with van der Waals surface area (Å²) >= 11 is -1.52. The zero-order chi connectivity index (χ0) is 7.33. The molecule has 0 spiro atoms. The van der Waals surface area contributed by atoms with E-state index in [2.05, 4.69) is 31.4 Å². The fraction of sp³-hybridized carbons (Fsp3) is 0.750.